The summed E-state index contributed by atoms with van der Waals surface area (Å²) in [6.07, 6.45) is 1.92. The molecule has 0 spiro atoms. The van der Waals surface area contributed by atoms with E-state index in [0.29, 0.717) is 17.9 Å². The third-order valence-corrected chi connectivity index (χ3v) is 3.43. The molecule has 2 aromatic carbocycles. The number of carbonyl (C=O) groups is 1. The molecular weight excluding hydrogens is 280 g/mol. The van der Waals surface area contributed by atoms with Crippen LogP contribution >= 0.6 is 0 Å². The Kier molecular flexibility index (Phi) is 5.31. The molecule has 114 valence electrons. The van der Waals surface area contributed by atoms with Crippen molar-refractivity contribution < 1.29 is 19.1 Å². The fraction of sp³-hybridized carbons (Fsp3) is 0.222. The number of aliphatic carboxylic acids is 1. The van der Waals surface area contributed by atoms with Crippen molar-refractivity contribution in [3.8, 4) is 11.5 Å². The molecule has 0 bridgehead atoms. The van der Waals surface area contributed by atoms with Gasteiger partial charge in [-0.2, -0.15) is 0 Å². The maximum atomic E-state index is 11.6. The summed E-state index contributed by atoms with van der Waals surface area (Å²) in [6.45, 7) is 1.79. The number of ether oxygens (including phenoxy) is 1. The Morgan fingerprint density at radius 1 is 1.27 bits per heavy atom. The number of carboxylic acids is 1. The minimum absolute atomic E-state index is 0.337. The number of rotatable bonds is 6. The maximum Gasteiger partial charge on any atom is 0.352 e. The first-order valence-corrected chi connectivity index (χ1v) is 7.05. The quantitative estimate of drug-likeness (QED) is 0.655. The Hall–Kier alpha value is -2.62. The average molecular weight is 299 g/mol. The molecule has 0 aliphatic heterocycles. The third-order valence-electron chi connectivity index (χ3n) is 3.43. The second-order valence-electron chi connectivity index (χ2n) is 4.83. The Morgan fingerprint density at radius 3 is 2.59 bits per heavy atom. The smallest absolute Gasteiger partial charge is 0.352 e. The van der Waals surface area contributed by atoms with Gasteiger partial charge < -0.3 is 9.84 Å². The van der Waals surface area contributed by atoms with Crippen LogP contribution < -0.4 is 4.74 Å². The van der Waals surface area contributed by atoms with Gasteiger partial charge in [-0.05, 0) is 18.1 Å². The number of hydrogen-bond acceptors (Lipinski definition) is 2. The van der Waals surface area contributed by atoms with Gasteiger partial charge in [0.1, 0.15) is 5.75 Å². The van der Waals surface area contributed by atoms with E-state index in [4.69, 9.17) is 9.16 Å². The van der Waals surface area contributed by atoms with Gasteiger partial charge in [-0.1, -0.05) is 30.3 Å². The number of methoxy groups -OCH3 is 1. The normalized spacial score (nSPS) is 12.3. The van der Waals surface area contributed by atoms with Crippen LogP contribution in [0.4, 0.5) is 0 Å². The summed E-state index contributed by atoms with van der Waals surface area (Å²) in [4.78, 5) is 11.6. The van der Waals surface area contributed by atoms with Crippen molar-refractivity contribution in [2.24, 2.45) is 0 Å². The van der Waals surface area contributed by atoms with Crippen molar-refractivity contribution in [3.05, 3.63) is 59.7 Å². The Labute approximate surface area is 129 Å². The van der Waals surface area contributed by atoms with E-state index in [1.807, 2.05) is 36.4 Å². The maximum absolute atomic E-state index is 11.6. The van der Waals surface area contributed by atoms with Crippen molar-refractivity contribution in [1.82, 2.24) is 0 Å². The van der Waals surface area contributed by atoms with Crippen LogP contribution in [0.2, 0.25) is 0 Å². The molecule has 1 unspecified atom stereocenters. The average Bonchev–Trinajstić information content (AvgIpc) is 2.53. The molecule has 0 aliphatic carbocycles. The topological polar surface area (TPSA) is 57.8 Å². The van der Waals surface area contributed by atoms with E-state index in [-0.39, 0.29) is 0 Å². The first-order valence-electron chi connectivity index (χ1n) is 7.05. The molecule has 0 amide bonds. The third kappa shape index (κ3) is 3.73. The van der Waals surface area contributed by atoms with E-state index < -0.39 is 11.9 Å². The molecule has 0 saturated heterocycles. The van der Waals surface area contributed by atoms with Crippen LogP contribution in [-0.4, -0.2) is 24.5 Å². The lowest BCUT2D eigenvalue weighted by Gasteiger charge is -2.14. The van der Waals surface area contributed by atoms with Crippen LogP contribution in [0.3, 0.4) is 0 Å². The molecule has 0 saturated carbocycles. The lowest BCUT2D eigenvalue weighted by Crippen LogP contribution is -2.14. The van der Waals surface area contributed by atoms with E-state index in [1.165, 1.54) is 0 Å². The fourth-order valence-corrected chi connectivity index (χ4v) is 2.38. The summed E-state index contributed by atoms with van der Waals surface area (Å²) < 4.78 is 10.7. The van der Waals surface area contributed by atoms with Gasteiger partial charge in [0, 0.05) is 24.6 Å². The molecule has 0 aliphatic rings. The van der Waals surface area contributed by atoms with Crippen LogP contribution in [0.1, 0.15) is 24.0 Å². The zero-order chi connectivity index (χ0) is 15.9. The van der Waals surface area contributed by atoms with Gasteiger partial charge in [-0.3, -0.25) is 4.79 Å². The first-order chi connectivity index (χ1) is 10.7. The molecule has 2 rings (SSSR count). The molecular formula is C18H19O4+. The van der Waals surface area contributed by atoms with Gasteiger partial charge in [0.25, 0.3) is 6.29 Å². The number of carbonyl (C=O) groups excluding carboxylic acids is 1. The van der Waals surface area contributed by atoms with Crippen molar-refractivity contribution in [2.75, 3.05) is 7.11 Å². The molecule has 4 heteroatoms. The van der Waals surface area contributed by atoms with Crippen molar-refractivity contribution in [3.63, 3.8) is 0 Å². The van der Waals surface area contributed by atoms with E-state index in [9.17, 15) is 9.90 Å². The van der Waals surface area contributed by atoms with Crippen molar-refractivity contribution in [2.45, 2.75) is 19.3 Å². The second-order valence-corrected chi connectivity index (χ2v) is 4.83. The van der Waals surface area contributed by atoms with Gasteiger partial charge in [-0.15, -0.1) is 0 Å². The van der Waals surface area contributed by atoms with Gasteiger partial charge >= 0.3 is 11.7 Å². The minimum atomic E-state index is -0.860. The molecule has 0 heterocycles. The van der Waals surface area contributed by atoms with Gasteiger partial charge in [0.15, 0.2) is 0 Å². The molecule has 4 nitrogen and oxygen atoms in total. The van der Waals surface area contributed by atoms with Gasteiger partial charge in [-0.25, -0.2) is 4.42 Å². The highest BCUT2D eigenvalue weighted by Gasteiger charge is 2.23. The number of hydrogen-bond donors (Lipinski definition) is 1. The summed E-state index contributed by atoms with van der Waals surface area (Å²) in [7, 11) is 1.57. The molecule has 1 atom stereocenters. The summed E-state index contributed by atoms with van der Waals surface area (Å²) in [5.41, 5.74) is 1.57. The summed E-state index contributed by atoms with van der Waals surface area (Å²) in [6, 6.07) is 14.6. The molecule has 0 radical (unpaired) electrons. The zero-order valence-corrected chi connectivity index (χ0v) is 12.7. The van der Waals surface area contributed by atoms with E-state index >= 15 is 0 Å². The van der Waals surface area contributed by atoms with Crippen molar-refractivity contribution >= 4 is 12.3 Å². The molecule has 0 aromatic heterocycles. The van der Waals surface area contributed by atoms with E-state index in [2.05, 4.69) is 0 Å². The molecule has 2 aromatic rings. The Morgan fingerprint density at radius 2 is 2.00 bits per heavy atom. The molecule has 0 fully saturated rings. The Bertz CT molecular complexity index is 662. The molecule has 22 heavy (non-hydrogen) atoms. The lowest BCUT2D eigenvalue weighted by molar-refractivity contribution is -0.360. The van der Waals surface area contributed by atoms with Gasteiger partial charge in [0.05, 0.1) is 13.0 Å². The predicted molar refractivity (Wildman–Crippen MR) is 84.7 cm³/mol. The number of aldehydes is 1. The Balaban J connectivity index is 2.37. The predicted octanol–water partition coefficient (Wildman–Crippen LogP) is 3.57. The number of benzene rings is 2. The fourth-order valence-electron chi connectivity index (χ4n) is 2.38. The van der Waals surface area contributed by atoms with E-state index in [1.54, 1.807) is 32.5 Å². The van der Waals surface area contributed by atoms with Crippen LogP contribution in [0, 0.1) is 0 Å². The van der Waals surface area contributed by atoms with Crippen LogP contribution in [0.5, 0.6) is 11.5 Å². The standard InChI is InChI=1S/C18H18O4/c1-3-22-15-9-10-17(21-2)14(11-15)12-16(18(19)20)13-7-5-4-6-8-13/h3-11,16H,12H2,1-2H3/p+1. The lowest BCUT2D eigenvalue weighted by atomic mass is 9.91. The highest BCUT2D eigenvalue weighted by atomic mass is 16.5. The summed E-state index contributed by atoms with van der Waals surface area (Å²) >= 11 is 0. The second kappa shape index (κ2) is 7.41. The monoisotopic (exact) mass is 299 g/mol. The summed E-state index contributed by atoms with van der Waals surface area (Å²) in [5.74, 6) is -0.168. The van der Waals surface area contributed by atoms with Crippen LogP contribution in [0.25, 0.3) is 0 Å². The largest absolute Gasteiger partial charge is 0.496 e. The van der Waals surface area contributed by atoms with Crippen molar-refractivity contribution in [1.29, 1.82) is 0 Å². The van der Waals surface area contributed by atoms with Gasteiger partial charge in [0.2, 0.25) is 0 Å². The first kappa shape index (κ1) is 15.8. The zero-order valence-electron chi connectivity index (χ0n) is 12.7. The number of carboxylic acid groups (broad SMARTS) is 1. The van der Waals surface area contributed by atoms with E-state index in [0.717, 1.165) is 11.1 Å². The summed E-state index contributed by atoms with van der Waals surface area (Å²) in [5, 5.41) is 9.55. The SMILES string of the molecule is CC=[O+]c1ccc(OC)c(CC(C(=O)O)c2ccccc2)c1. The highest BCUT2D eigenvalue weighted by Crippen LogP contribution is 2.30. The van der Waals surface area contributed by atoms with Crippen LogP contribution in [0.15, 0.2) is 48.5 Å². The molecule has 1 N–H and O–H groups in total. The highest BCUT2D eigenvalue weighted by molar-refractivity contribution is 5.76. The van der Waals surface area contributed by atoms with Crippen LogP contribution in [-0.2, 0) is 15.6 Å². The minimum Gasteiger partial charge on any atom is -0.496 e.